The van der Waals surface area contributed by atoms with Gasteiger partial charge < -0.3 is 23.9 Å². The summed E-state index contributed by atoms with van der Waals surface area (Å²) in [6, 6.07) is 11.1. The van der Waals surface area contributed by atoms with Crippen LogP contribution in [-0.2, 0) is 35.6 Å². The van der Waals surface area contributed by atoms with E-state index in [2.05, 4.69) is 5.32 Å². The molecule has 1 aromatic heterocycles. The van der Waals surface area contributed by atoms with Gasteiger partial charge in [0.25, 0.3) is 0 Å². The minimum Gasteiger partial charge on any atom is -0.467 e. The average Bonchev–Trinajstić information content (AvgIpc) is 3.52. The number of rotatable bonds is 15. The van der Waals surface area contributed by atoms with Crippen LogP contribution in [0.4, 0.5) is 10.5 Å². The Labute approximate surface area is 288 Å². The molecule has 0 fully saturated rings. The lowest BCUT2D eigenvalue weighted by atomic mass is 9.98. The van der Waals surface area contributed by atoms with Crippen molar-refractivity contribution in [2.45, 2.75) is 70.0 Å². The molecule has 0 radical (unpaired) electrons. The van der Waals surface area contributed by atoms with E-state index >= 15 is 0 Å². The van der Waals surface area contributed by atoms with E-state index in [4.69, 9.17) is 47.0 Å². The number of nitrogens with two attached hydrogens (primary N) is 1. The van der Waals surface area contributed by atoms with Gasteiger partial charge in [-0.25, -0.2) is 23.1 Å². The molecule has 0 spiro atoms. The maximum absolute atomic E-state index is 13.1. The molecule has 0 saturated carbocycles. The fraction of sp³-hybridized carbons (Fsp3) is 0.375. The second-order valence-corrected chi connectivity index (χ2v) is 13.9. The van der Waals surface area contributed by atoms with E-state index in [0.717, 1.165) is 6.07 Å². The normalized spacial score (nSPS) is 12.1. The first kappa shape index (κ1) is 38.3. The standard InChI is InChI=1S/C32H37Cl2N3O10S/c1-20(29(39)21-9-7-10-22(33)15-21)37(32(2,3)4)31(41)47-19-46-28(38)12-5-6-13-45-30(40)24-16-27(48(35,42)43)25(34)17-26(24)36-18-23-11-8-14-44-23/h7-11,14-17,20,36H,5-6,12-13,18-19H2,1-4H3,(H2,35,42,43). The fourth-order valence-electron chi connectivity index (χ4n) is 4.60. The van der Waals surface area contributed by atoms with Crippen molar-refractivity contribution in [1.29, 1.82) is 0 Å². The number of sulfonamides is 1. The third-order valence-electron chi connectivity index (χ3n) is 6.84. The van der Waals surface area contributed by atoms with Crippen LogP contribution in [0.2, 0.25) is 10.0 Å². The van der Waals surface area contributed by atoms with Crippen molar-refractivity contribution in [3.05, 3.63) is 81.7 Å². The van der Waals surface area contributed by atoms with Crippen LogP contribution in [0.15, 0.2) is 64.1 Å². The average molecular weight is 727 g/mol. The minimum absolute atomic E-state index is 0.0752. The highest BCUT2D eigenvalue weighted by Gasteiger charge is 2.36. The monoisotopic (exact) mass is 725 g/mol. The summed E-state index contributed by atoms with van der Waals surface area (Å²) in [7, 11) is -4.24. The van der Waals surface area contributed by atoms with Gasteiger partial charge in [-0.3, -0.25) is 14.5 Å². The van der Waals surface area contributed by atoms with Gasteiger partial charge in [0.15, 0.2) is 5.78 Å². The van der Waals surface area contributed by atoms with Crippen LogP contribution in [0.25, 0.3) is 0 Å². The largest absolute Gasteiger partial charge is 0.467 e. The van der Waals surface area contributed by atoms with E-state index in [9.17, 15) is 27.6 Å². The minimum atomic E-state index is -4.24. The van der Waals surface area contributed by atoms with Crippen LogP contribution >= 0.6 is 23.2 Å². The number of furan rings is 1. The number of unbranched alkanes of at least 4 members (excludes halogenated alkanes) is 1. The molecule has 0 saturated heterocycles. The topological polar surface area (TPSA) is 185 Å². The fourth-order valence-corrected chi connectivity index (χ4v) is 5.89. The first-order chi connectivity index (χ1) is 22.5. The first-order valence-electron chi connectivity index (χ1n) is 14.7. The smallest absolute Gasteiger partial charge is 0.413 e. The number of ether oxygens (including phenoxy) is 3. The number of benzene rings is 2. The number of anilines is 1. The van der Waals surface area contributed by atoms with Crippen molar-refractivity contribution in [3.8, 4) is 0 Å². The SMILES string of the molecule is CC(C(=O)c1cccc(Cl)c1)N(C(=O)OCOC(=O)CCCCOC(=O)c1cc(S(N)(=O)=O)c(Cl)cc1NCc1ccco1)C(C)(C)C. The second-order valence-electron chi connectivity index (χ2n) is 11.5. The molecule has 3 N–H and O–H groups in total. The molecular weight excluding hydrogens is 689 g/mol. The highest BCUT2D eigenvalue weighted by Crippen LogP contribution is 2.29. The molecule has 0 aliphatic rings. The number of carbonyl (C=O) groups excluding carboxylic acids is 4. The van der Waals surface area contributed by atoms with E-state index in [1.54, 1.807) is 58.0 Å². The van der Waals surface area contributed by atoms with Gasteiger partial charge in [0.05, 0.1) is 41.7 Å². The summed E-state index contributed by atoms with van der Waals surface area (Å²) in [6.07, 6.45) is 1.06. The summed E-state index contributed by atoms with van der Waals surface area (Å²) in [5.41, 5.74) is -0.406. The lowest BCUT2D eigenvalue weighted by Crippen LogP contribution is -2.53. The van der Waals surface area contributed by atoms with Crippen LogP contribution < -0.4 is 10.5 Å². The van der Waals surface area contributed by atoms with E-state index in [-0.39, 0.29) is 54.5 Å². The number of amides is 1. The van der Waals surface area contributed by atoms with Crippen LogP contribution in [0.3, 0.4) is 0 Å². The summed E-state index contributed by atoms with van der Waals surface area (Å²) in [5.74, 6) is -1.31. The second kappa shape index (κ2) is 16.8. The van der Waals surface area contributed by atoms with Crippen molar-refractivity contribution in [1.82, 2.24) is 4.90 Å². The Morgan fingerprint density at radius 3 is 2.35 bits per heavy atom. The third-order valence-corrected chi connectivity index (χ3v) is 8.45. The van der Waals surface area contributed by atoms with Gasteiger partial charge in [0.1, 0.15) is 10.7 Å². The Morgan fingerprint density at radius 1 is 1.00 bits per heavy atom. The predicted octanol–water partition coefficient (Wildman–Crippen LogP) is 6.18. The van der Waals surface area contributed by atoms with Crippen molar-refractivity contribution >= 4 is 62.7 Å². The quantitative estimate of drug-likeness (QED) is 0.0789. The van der Waals surface area contributed by atoms with Crippen LogP contribution in [0.5, 0.6) is 0 Å². The van der Waals surface area contributed by atoms with Crippen molar-refractivity contribution in [2.75, 3.05) is 18.7 Å². The number of primary sulfonamides is 1. The maximum atomic E-state index is 13.1. The lowest BCUT2D eigenvalue weighted by molar-refractivity contribution is -0.153. The van der Waals surface area contributed by atoms with Crippen molar-refractivity contribution in [2.24, 2.45) is 5.14 Å². The number of carbonyl (C=O) groups is 4. The molecule has 260 valence electrons. The lowest BCUT2D eigenvalue weighted by Gasteiger charge is -2.38. The summed E-state index contributed by atoms with van der Waals surface area (Å²) in [4.78, 5) is 51.9. The highest BCUT2D eigenvalue weighted by molar-refractivity contribution is 7.89. The van der Waals surface area contributed by atoms with Gasteiger partial charge in [0.2, 0.25) is 16.8 Å². The third kappa shape index (κ3) is 11.0. The zero-order valence-corrected chi connectivity index (χ0v) is 29.1. The number of hydrogen-bond acceptors (Lipinski definition) is 11. The summed E-state index contributed by atoms with van der Waals surface area (Å²) < 4.78 is 44.7. The molecule has 3 aromatic rings. The van der Waals surface area contributed by atoms with Gasteiger partial charge in [-0.1, -0.05) is 35.3 Å². The molecule has 0 aliphatic carbocycles. The Bertz CT molecular complexity index is 1720. The van der Waals surface area contributed by atoms with Gasteiger partial charge in [-0.05, 0) is 76.9 Å². The zero-order chi connectivity index (χ0) is 35.6. The Morgan fingerprint density at radius 2 is 1.73 bits per heavy atom. The van der Waals surface area contributed by atoms with Gasteiger partial charge in [-0.15, -0.1) is 0 Å². The van der Waals surface area contributed by atoms with E-state index in [1.807, 2.05) is 0 Å². The molecule has 1 amide bonds. The van der Waals surface area contributed by atoms with Crippen molar-refractivity contribution < 1.29 is 46.2 Å². The zero-order valence-electron chi connectivity index (χ0n) is 26.8. The Kier molecular flexibility index (Phi) is 13.4. The van der Waals surface area contributed by atoms with E-state index in [0.29, 0.717) is 16.3 Å². The predicted molar refractivity (Wildman–Crippen MR) is 177 cm³/mol. The molecule has 1 unspecified atom stereocenters. The van der Waals surface area contributed by atoms with E-state index < -0.39 is 51.3 Å². The summed E-state index contributed by atoms with van der Waals surface area (Å²) in [6.45, 7) is 6.17. The molecule has 0 bridgehead atoms. The highest BCUT2D eigenvalue weighted by atomic mass is 35.5. The number of halogens is 2. The van der Waals surface area contributed by atoms with Gasteiger partial charge in [-0.2, -0.15) is 0 Å². The first-order valence-corrected chi connectivity index (χ1v) is 17.0. The molecule has 3 rings (SSSR count). The number of ketones is 1. The number of hydrogen-bond donors (Lipinski definition) is 2. The molecule has 2 aromatic carbocycles. The summed E-state index contributed by atoms with van der Waals surface area (Å²) in [5, 5.41) is 8.39. The molecule has 16 heteroatoms. The number of esters is 2. The van der Waals surface area contributed by atoms with Crippen LogP contribution in [-0.4, -0.2) is 62.1 Å². The molecule has 1 heterocycles. The molecule has 1 atom stereocenters. The summed E-state index contributed by atoms with van der Waals surface area (Å²) >= 11 is 12.1. The maximum Gasteiger partial charge on any atom is 0.413 e. The van der Waals surface area contributed by atoms with Gasteiger partial charge >= 0.3 is 18.0 Å². The Hall–Kier alpha value is -4.11. The molecule has 0 aliphatic heterocycles. The van der Waals surface area contributed by atoms with Crippen LogP contribution in [0.1, 0.15) is 73.4 Å². The molecular formula is C32H37Cl2N3O10S. The molecule has 13 nitrogen and oxygen atoms in total. The molecule has 48 heavy (non-hydrogen) atoms. The van der Waals surface area contributed by atoms with Crippen LogP contribution in [0, 0.1) is 0 Å². The number of Topliss-reactive ketones (excluding diaryl/α,β-unsaturated/α-hetero) is 1. The Balaban J connectivity index is 1.48. The van der Waals surface area contributed by atoms with Crippen molar-refractivity contribution in [3.63, 3.8) is 0 Å². The number of nitrogens with one attached hydrogen (secondary N) is 1. The number of nitrogens with zero attached hydrogens (tertiary/aromatic N) is 1. The van der Waals surface area contributed by atoms with E-state index in [1.165, 1.54) is 23.3 Å². The van der Waals surface area contributed by atoms with Gasteiger partial charge in [0, 0.05) is 22.5 Å².